The summed E-state index contributed by atoms with van der Waals surface area (Å²) in [4.78, 5) is 25.4. The highest BCUT2D eigenvalue weighted by atomic mass is 16.6. The van der Waals surface area contributed by atoms with E-state index in [1.807, 2.05) is 31.2 Å². The molecule has 27 heavy (non-hydrogen) atoms. The lowest BCUT2D eigenvalue weighted by Gasteiger charge is -2.20. The zero-order valence-electron chi connectivity index (χ0n) is 15.9. The summed E-state index contributed by atoms with van der Waals surface area (Å²) in [6, 6.07) is 8.93. The molecular formula is C19H22N2O6. The van der Waals surface area contributed by atoms with E-state index in [9.17, 15) is 14.9 Å². The number of hydrogen-bond acceptors (Lipinski definition) is 6. The molecule has 0 aliphatic carbocycles. The average Bonchev–Trinajstić information content (AvgIpc) is 2.66. The zero-order valence-corrected chi connectivity index (χ0v) is 15.9. The number of benzene rings is 2. The van der Waals surface area contributed by atoms with E-state index in [2.05, 4.69) is 0 Å². The van der Waals surface area contributed by atoms with Gasteiger partial charge >= 0.3 is 5.69 Å². The number of carbonyl (C=O) groups excluding carboxylic acids is 1. The minimum Gasteiger partial charge on any atom is -0.493 e. The lowest BCUT2D eigenvalue weighted by Crippen LogP contribution is -2.27. The second kappa shape index (κ2) is 8.39. The molecule has 2 rings (SSSR count). The lowest BCUT2D eigenvalue weighted by molar-refractivity contribution is -0.386. The monoisotopic (exact) mass is 374 g/mol. The Morgan fingerprint density at radius 1 is 1.11 bits per heavy atom. The van der Waals surface area contributed by atoms with Crippen molar-refractivity contribution in [3.63, 3.8) is 0 Å². The van der Waals surface area contributed by atoms with E-state index in [-0.39, 0.29) is 22.8 Å². The SMILES string of the molecule is COc1cc(C(=O)N(C)Cc2ccccc2C)c([N+](=O)[O-])c(OC)c1OC. The van der Waals surface area contributed by atoms with E-state index in [4.69, 9.17) is 14.2 Å². The van der Waals surface area contributed by atoms with E-state index in [0.717, 1.165) is 11.1 Å². The molecule has 0 aliphatic heterocycles. The molecule has 0 aromatic heterocycles. The molecule has 0 saturated heterocycles. The number of ether oxygens (including phenoxy) is 3. The number of carbonyl (C=O) groups is 1. The number of nitro groups is 1. The molecule has 8 nitrogen and oxygen atoms in total. The van der Waals surface area contributed by atoms with Crippen LogP contribution in [0.4, 0.5) is 5.69 Å². The van der Waals surface area contributed by atoms with Crippen molar-refractivity contribution >= 4 is 11.6 Å². The fourth-order valence-electron chi connectivity index (χ4n) is 2.81. The van der Waals surface area contributed by atoms with Gasteiger partial charge in [-0.15, -0.1) is 0 Å². The van der Waals surface area contributed by atoms with Crippen LogP contribution in [0.3, 0.4) is 0 Å². The topological polar surface area (TPSA) is 91.1 Å². The Bertz CT molecular complexity index is 866. The molecule has 0 fully saturated rings. The molecule has 2 aromatic rings. The van der Waals surface area contributed by atoms with Crippen LogP contribution in [-0.4, -0.2) is 44.1 Å². The second-order valence-electron chi connectivity index (χ2n) is 5.89. The highest BCUT2D eigenvalue weighted by Gasteiger charge is 2.33. The van der Waals surface area contributed by atoms with Crippen molar-refractivity contribution < 1.29 is 23.9 Å². The highest BCUT2D eigenvalue weighted by Crippen LogP contribution is 2.46. The first-order valence-electron chi connectivity index (χ1n) is 8.13. The molecule has 2 aromatic carbocycles. The molecule has 0 unspecified atom stereocenters. The molecule has 1 amide bonds. The summed E-state index contributed by atoms with van der Waals surface area (Å²) < 4.78 is 15.6. The predicted molar refractivity (Wildman–Crippen MR) is 99.7 cm³/mol. The molecular weight excluding hydrogens is 352 g/mol. The third-order valence-corrected chi connectivity index (χ3v) is 4.23. The van der Waals surface area contributed by atoms with Gasteiger partial charge in [-0.2, -0.15) is 0 Å². The lowest BCUT2D eigenvalue weighted by atomic mass is 10.1. The van der Waals surface area contributed by atoms with Gasteiger partial charge in [-0.05, 0) is 18.1 Å². The Morgan fingerprint density at radius 2 is 1.74 bits per heavy atom. The van der Waals surface area contributed by atoms with Gasteiger partial charge in [0.25, 0.3) is 5.91 Å². The largest absolute Gasteiger partial charge is 0.493 e. The van der Waals surface area contributed by atoms with Crippen LogP contribution in [0.2, 0.25) is 0 Å². The maximum Gasteiger partial charge on any atom is 0.327 e. The Kier molecular flexibility index (Phi) is 6.23. The molecule has 0 aliphatic rings. The summed E-state index contributed by atoms with van der Waals surface area (Å²) in [7, 11) is 5.58. The third-order valence-electron chi connectivity index (χ3n) is 4.23. The first-order valence-corrected chi connectivity index (χ1v) is 8.13. The second-order valence-corrected chi connectivity index (χ2v) is 5.89. The molecule has 8 heteroatoms. The zero-order chi connectivity index (χ0) is 20.1. The van der Waals surface area contributed by atoms with E-state index in [1.165, 1.54) is 32.3 Å². The van der Waals surface area contributed by atoms with Crippen LogP contribution >= 0.6 is 0 Å². The van der Waals surface area contributed by atoms with Gasteiger partial charge in [-0.1, -0.05) is 24.3 Å². The van der Waals surface area contributed by atoms with Gasteiger partial charge in [-0.3, -0.25) is 14.9 Å². The van der Waals surface area contributed by atoms with Crippen LogP contribution in [0.15, 0.2) is 30.3 Å². The maximum atomic E-state index is 13.0. The fraction of sp³-hybridized carbons (Fsp3) is 0.316. The molecule has 0 heterocycles. The first kappa shape index (κ1) is 20.0. The van der Waals surface area contributed by atoms with Crippen molar-refractivity contribution in [2.75, 3.05) is 28.4 Å². The quantitative estimate of drug-likeness (QED) is 0.546. The fourth-order valence-corrected chi connectivity index (χ4v) is 2.81. The summed E-state index contributed by atoms with van der Waals surface area (Å²) >= 11 is 0. The Hall–Kier alpha value is -3.29. The number of amides is 1. The number of methoxy groups -OCH3 is 3. The van der Waals surface area contributed by atoms with Crippen molar-refractivity contribution in [3.05, 3.63) is 57.1 Å². The van der Waals surface area contributed by atoms with Gasteiger partial charge in [0.05, 0.1) is 26.3 Å². The van der Waals surface area contributed by atoms with Gasteiger partial charge in [0.1, 0.15) is 5.56 Å². The molecule has 0 radical (unpaired) electrons. The van der Waals surface area contributed by atoms with Crippen LogP contribution in [0, 0.1) is 17.0 Å². The highest BCUT2D eigenvalue weighted by molar-refractivity contribution is 6.00. The smallest absolute Gasteiger partial charge is 0.327 e. The van der Waals surface area contributed by atoms with Crippen molar-refractivity contribution in [3.8, 4) is 17.2 Å². The van der Waals surface area contributed by atoms with E-state index < -0.39 is 16.5 Å². The Labute approximate surface area is 157 Å². The van der Waals surface area contributed by atoms with Crippen LogP contribution in [0.25, 0.3) is 0 Å². The van der Waals surface area contributed by atoms with Crippen LogP contribution in [0.1, 0.15) is 21.5 Å². The predicted octanol–water partition coefficient (Wildman–Crippen LogP) is 3.20. The summed E-state index contributed by atoms with van der Waals surface area (Å²) in [6.07, 6.45) is 0. The van der Waals surface area contributed by atoms with Gasteiger partial charge in [0.15, 0.2) is 5.75 Å². The molecule has 0 bridgehead atoms. The van der Waals surface area contributed by atoms with Crippen molar-refractivity contribution in [1.82, 2.24) is 4.90 Å². The number of nitro benzene ring substituents is 1. The normalized spacial score (nSPS) is 10.3. The molecule has 0 atom stereocenters. The Morgan fingerprint density at radius 3 is 2.26 bits per heavy atom. The van der Waals surface area contributed by atoms with E-state index in [1.54, 1.807) is 7.05 Å². The van der Waals surface area contributed by atoms with Gasteiger partial charge in [-0.25, -0.2) is 0 Å². The van der Waals surface area contributed by atoms with Gasteiger partial charge in [0.2, 0.25) is 11.5 Å². The number of aryl methyl sites for hydroxylation is 1. The summed E-state index contributed by atoms with van der Waals surface area (Å²) in [5, 5.41) is 11.7. The van der Waals surface area contributed by atoms with Crippen molar-refractivity contribution in [1.29, 1.82) is 0 Å². The van der Waals surface area contributed by atoms with Crippen molar-refractivity contribution in [2.45, 2.75) is 13.5 Å². The Balaban J connectivity index is 2.54. The standard InChI is InChI=1S/C19H22N2O6/c1-12-8-6-7-9-13(12)11-20(2)19(22)14-10-15(25-3)17(26-4)18(27-5)16(14)21(23)24/h6-10H,11H2,1-5H3. The first-order chi connectivity index (χ1) is 12.8. The minimum atomic E-state index is -0.657. The van der Waals surface area contributed by atoms with Gasteiger partial charge < -0.3 is 19.1 Å². The number of nitrogens with zero attached hydrogens (tertiary/aromatic N) is 2. The third kappa shape index (κ3) is 3.94. The maximum absolute atomic E-state index is 13.0. The summed E-state index contributed by atoms with van der Waals surface area (Å²) in [6.45, 7) is 2.24. The molecule has 0 spiro atoms. The molecule has 0 N–H and O–H groups in total. The summed E-state index contributed by atoms with van der Waals surface area (Å²) in [5.41, 5.74) is 1.38. The van der Waals surface area contributed by atoms with Crippen LogP contribution in [0.5, 0.6) is 17.2 Å². The average molecular weight is 374 g/mol. The van der Waals surface area contributed by atoms with Crippen LogP contribution in [-0.2, 0) is 6.54 Å². The molecule has 144 valence electrons. The van der Waals surface area contributed by atoms with E-state index >= 15 is 0 Å². The number of rotatable bonds is 7. The van der Waals surface area contributed by atoms with E-state index in [0.29, 0.717) is 6.54 Å². The number of hydrogen-bond donors (Lipinski definition) is 0. The van der Waals surface area contributed by atoms with Crippen LogP contribution < -0.4 is 14.2 Å². The minimum absolute atomic E-state index is 0.0600. The summed E-state index contributed by atoms with van der Waals surface area (Å²) in [5.74, 6) is -0.448. The molecule has 0 saturated carbocycles. The van der Waals surface area contributed by atoms with Crippen molar-refractivity contribution in [2.24, 2.45) is 0 Å². The van der Waals surface area contributed by atoms with Gasteiger partial charge in [0, 0.05) is 19.7 Å².